The highest BCUT2D eigenvalue weighted by Gasteiger charge is 2.44. The van der Waals surface area contributed by atoms with E-state index >= 15 is 0 Å². The summed E-state index contributed by atoms with van der Waals surface area (Å²) in [6.45, 7) is 7.10. The van der Waals surface area contributed by atoms with Gasteiger partial charge in [-0.05, 0) is 27.7 Å². The van der Waals surface area contributed by atoms with Crippen LogP contribution >= 0.6 is 0 Å². The normalized spacial score (nSPS) is 12.1. The van der Waals surface area contributed by atoms with E-state index in [9.17, 15) is 14.7 Å². The second kappa shape index (κ2) is 7.44. The van der Waals surface area contributed by atoms with Crippen molar-refractivity contribution in [2.24, 2.45) is 5.41 Å². The first kappa shape index (κ1) is 18.7. The average molecular weight is 290 g/mol. The minimum absolute atomic E-state index is 0.165. The number of urea groups is 1. The molecule has 0 bridgehead atoms. The van der Waals surface area contributed by atoms with Crippen molar-refractivity contribution in [1.82, 2.24) is 10.2 Å². The van der Waals surface area contributed by atoms with Crippen LogP contribution < -0.4 is 5.32 Å². The third-order valence-electron chi connectivity index (χ3n) is 3.74. The molecule has 0 aliphatic heterocycles. The molecule has 0 fully saturated rings. The number of nitrogens with zero attached hydrogens (tertiary/aromatic N) is 1. The van der Waals surface area contributed by atoms with Crippen molar-refractivity contribution in [1.29, 1.82) is 0 Å². The van der Waals surface area contributed by atoms with Crippen molar-refractivity contribution >= 4 is 12.0 Å². The summed E-state index contributed by atoms with van der Waals surface area (Å²) < 4.78 is 4.91. The highest BCUT2D eigenvalue weighted by Crippen LogP contribution is 2.30. The van der Waals surface area contributed by atoms with Gasteiger partial charge in [-0.3, -0.25) is 4.79 Å². The topological polar surface area (TPSA) is 99.1 Å². The Kier molecular flexibility index (Phi) is 6.95. The summed E-state index contributed by atoms with van der Waals surface area (Å²) >= 11 is 0. The smallest absolute Gasteiger partial charge is 0.318 e. The summed E-state index contributed by atoms with van der Waals surface area (Å²) in [6, 6.07) is -0.421. The predicted molar refractivity (Wildman–Crippen MR) is 74.6 cm³/mol. The number of methoxy groups -OCH3 is 1. The van der Waals surface area contributed by atoms with Gasteiger partial charge >= 0.3 is 12.0 Å². The van der Waals surface area contributed by atoms with E-state index in [0.717, 1.165) is 0 Å². The molecule has 0 spiro atoms. The Morgan fingerprint density at radius 3 is 2.15 bits per heavy atom. The lowest BCUT2D eigenvalue weighted by Crippen LogP contribution is -2.60. The van der Waals surface area contributed by atoms with Crippen molar-refractivity contribution in [2.45, 2.75) is 33.2 Å². The van der Waals surface area contributed by atoms with Crippen LogP contribution in [0.15, 0.2) is 0 Å². The molecule has 0 saturated heterocycles. The van der Waals surface area contributed by atoms with Gasteiger partial charge in [0.25, 0.3) is 0 Å². The van der Waals surface area contributed by atoms with Crippen LogP contribution in [0.5, 0.6) is 0 Å². The molecule has 0 aliphatic carbocycles. The molecule has 0 unspecified atom stereocenters. The first-order valence-corrected chi connectivity index (χ1v) is 6.50. The Hall–Kier alpha value is -1.34. The zero-order valence-electron chi connectivity index (χ0n) is 12.9. The van der Waals surface area contributed by atoms with Gasteiger partial charge in [-0.1, -0.05) is 0 Å². The fourth-order valence-electron chi connectivity index (χ4n) is 1.41. The van der Waals surface area contributed by atoms with Crippen LogP contribution in [0.1, 0.15) is 27.7 Å². The number of rotatable bonds is 8. The zero-order valence-corrected chi connectivity index (χ0v) is 12.9. The number of amides is 2. The van der Waals surface area contributed by atoms with Gasteiger partial charge in [-0.2, -0.15) is 0 Å². The fourth-order valence-corrected chi connectivity index (χ4v) is 1.41. The molecule has 0 aromatic rings. The summed E-state index contributed by atoms with van der Waals surface area (Å²) in [7, 11) is 1.52. The number of carboxylic acid groups (broad SMARTS) is 1. The second-order valence-corrected chi connectivity index (χ2v) is 5.69. The third-order valence-corrected chi connectivity index (χ3v) is 3.74. The maximum absolute atomic E-state index is 12.2. The van der Waals surface area contributed by atoms with E-state index in [1.54, 1.807) is 27.7 Å². The van der Waals surface area contributed by atoms with Crippen molar-refractivity contribution in [3.63, 3.8) is 0 Å². The summed E-state index contributed by atoms with van der Waals surface area (Å²) in [5.41, 5.74) is -2.08. The number of aliphatic hydroxyl groups excluding tert-OH is 1. The van der Waals surface area contributed by atoms with E-state index in [0.29, 0.717) is 13.2 Å². The molecule has 0 rings (SSSR count). The van der Waals surface area contributed by atoms with Crippen LogP contribution in [-0.4, -0.2) is 66.1 Å². The first-order valence-electron chi connectivity index (χ1n) is 6.50. The number of ether oxygens (including phenoxy) is 1. The van der Waals surface area contributed by atoms with Crippen LogP contribution in [-0.2, 0) is 9.53 Å². The lowest BCUT2D eigenvalue weighted by Gasteiger charge is -2.40. The highest BCUT2D eigenvalue weighted by atomic mass is 16.5. The van der Waals surface area contributed by atoms with Gasteiger partial charge in [0.2, 0.25) is 0 Å². The molecule has 2 amide bonds. The Bertz CT molecular complexity index is 342. The number of nitrogens with one attached hydrogen (secondary N) is 1. The molecule has 0 aromatic carbocycles. The van der Waals surface area contributed by atoms with E-state index in [1.807, 2.05) is 0 Å². The van der Waals surface area contributed by atoms with Crippen LogP contribution in [0, 0.1) is 5.41 Å². The standard InChI is InChI=1S/C13H26N2O5/c1-12(2,10(17)18)13(3,4)14-11(19)15(6-8-16)7-9-20-5/h16H,6-9H2,1-5H3,(H,14,19)(H,17,18). The van der Waals surface area contributed by atoms with Gasteiger partial charge in [0, 0.05) is 20.2 Å². The summed E-state index contributed by atoms with van der Waals surface area (Å²) in [6.07, 6.45) is 0. The van der Waals surface area contributed by atoms with Gasteiger partial charge in [0.05, 0.1) is 24.2 Å². The van der Waals surface area contributed by atoms with E-state index in [1.165, 1.54) is 12.0 Å². The minimum atomic E-state index is -1.13. The molecule has 7 heteroatoms. The molecule has 118 valence electrons. The second-order valence-electron chi connectivity index (χ2n) is 5.69. The molecule has 20 heavy (non-hydrogen) atoms. The predicted octanol–water partition coefficient (Wildman–Crippen LogP) is 0.526. The molecule has 3 N–H and O–H groups in total. The Balaban J connectivity index is 4.88. The number of aliphatic hydroxyl groups is 1. The van der Waals surface area contributed by atoms with Gasteiger partial charge in [-0.25, -0.2) is 4.79 Å². The molecule has 0 aliphatic rings. The maximum atomic E-state index is 12.2. The number of carbonyl (C=O) groups excluding carboxylic acids is 1. The Labute approximate surface area is 119 Å². The summed E-state index contributed by atoms with van der Waals surface area (Å²) in [5, 5.41) is 20.9. The molecule has 0 heterocycles. The minimum Gasteiger partial charge on any atom is -0.481 e. The SMILES string of the molecule is COCCN(CCO)C(=O)NC(C)(C)C(C)(C)C(=O)O. The fraction of sp³-hybridized carbons (Fsp3) is 0.846. The van der Waals surface area contributed by atoms with Crippen molar-refractivity contribution in [2.75, 3.05) is 33.4 Å². The van der Waals surface area contributed by atoms with Crippen LogP contribution in [0.25, 0.3) is 0 Å². The first-order chi connectivity index (χ1) is 9.10. The molecular formula is C13H26N2O5. The van der Waals surface area contributed by atoms with E-state index in [4.69, 9.17) is 9.84 Å². The van der Waals surface area contributed by atoms with Gasteiger partial charge in [0.15, 0.2) is 0 Å². The number of aliphatic carboxylic acids is 1. The Morgan fingerprint density at radius 1 is 1.20 bits per heavy atom. The van der Waals surface area contributed by atoms with E-state index in [-0.39, 0.29) is 13.2 Å². The number of carboxylic acids is 1. The van der Waals surface area contributed by atoms with E-state index < -0.39 is 23.0 Å². The van der Waals surface area contributed by atoms with Gasteiger partial charge in [0.1, 0.15) is 0 Å². The van der Waals surface area contributed by atoms with Crippen molar-refractivity contribution < 1.29 is 24.5 Å². The molecule has 7 nitrogen and oxygen atoms in total. The number of carbonyl (C=O) groups is 2. The van der Waals surface area contributed by atoms with Gasteiger partial charge in [-0.15, -0.1) is 0 Å². The zero-order chi connectivity index (χ0) is 16.0. The molecule has 0 aromatic heterocycles. The molecule has 0 radical (unpaired) electrons. The lowest BCUT2D eigenvalue weighted by atomic mass is 9.74. The van der Waals surface area contributed by atoms with Crippen molar-refractivity contribution in [3.8, 4) is 0 Å². The molecular weight excluding hydrogens is 264 g/mol. The van der Waals surface area contributed by atoms with Gasteiger partial charge < -0.3 is 25.2 Å². The Morgan fingerprint density at radius 2 is 1.75 bits per heavy atom. The summed E-state index contributed by atoms with van der Waals surface area (Å²) in [5.74, 6) is -0.992. The van der Waals surface area contributed by atoms with Crippen LogP contribution in [0.3, 0.4) is 0 Å². The summed E-state index contributed by atoms with van der Waals surface area (Å²) in [4.78, 5) is 24.9. The molecule has 0 atom stereocenters. The van der Waals surface area contributed by atoms with Crippen molar-refractivity contribution in [3.05, 3.63) is 0 Å². The maximum Gasteiger partial charge on any atom is 0.318 e. The number of hydrogen-bond donors (Lipinski definition) is 3. The lowest BCUT2D eigenvalue weighted by molar-refractivity contribution is -0.150. The average Bonchev–Trinajstić information content (AvgIpc) is 2.33. The number of hydrogen-bond acceptors (Lipinski definition) is 4. The highest BCUT2D eigenvalue weighted by molar-refractivity contribution is 5.79. The van der Waals surface area contributed by atoms with Crippen LogP contribution in [0.4, 0.5) is 4.79 Å². The monoisotopic (exact) mass is 290 g/mol. The quantitative estimate of drug-likeness (QED) is 0.605. The largest absolute Gasteiger partial charge is 0.481 e. The van der Waals surface area contributed by atoms with Crippen LogP contribution in [0.2, 0.25) is 0 Å². The third kappa shape index (κ3) is 4.64. The molecule has 0 saturated carbocycles. The van der Waals surface area contributed by atoms with E-state index in [2.05, 4.69) is 5.32 Å².